The minimum absolute atomic E-state index is 0.153. The lowest BCUT2D eigenvalue weighted by molar-refractivity contribution is -0.136. The highest BCUT2D eigenvalue weighted by atomic mass is 32.2. The predicted octanol–water partition coefficient (Wildman–Crippen LogP) is 3.63. The first-order valence-electron chi connectivity index (χ1n) is 9.80. The smallest absolute Gasteiger partial charge is 0.303 e. The van der Waals surface area contributed by atoms with E-state index in [9.17, 15) is 30.8 Å². The molecule has 35 heavy (non-hydrogen) atoms. The predicted molar refractivity (Wildman–Crippen MR) is 120 cm³/mol. The van der Waals surface area contributed by atoms with Crippen LogP contribution in [0.4, 0.5) is 28.9 Å². The number of sulfonamides is 1. The molecule has 0 heterocycles. The van der Waals surface area contributed by atoms with Crippen molar-refractivity contribution in [2.24, 2.45) is 16.5 Å². The normalized spacial score (nSPS) is 11.2. The second-order valence-electron chi connectivity index (χ2n) is 7.22. The van der Waals surface area contributed by atoms with E-state index in [4.69, 9.17) is 16.6 Å². The molecule has 3 aromatic rings. The second kappa shape index (κ2) is 10.0. The molecule has 0 spiro atoms. The largest absolute Gasteiger partial charge is 0.481 e. The first kappa shape index (κ1) is 25.5. The Kier molecular flexibility index (Phi) is 7.29. The second-order valence-corrected chi connectivity index (χ2v) is 8.91. The fourth-order valence-electron chi connectivity index (χ4n) is 3.20. The first-order valence-corrected chi connectivity index (χ1v) is 11.3. The van der Waals surface area contributed by atoms with Gasteiger partial charge < -0.3 is 16.6 Å². The average molecular weight is 510 g/mol. The highest BCUT2D eigenvalue weighted by molar-refractivity contribution is 7.92. The molecular formula is C22H18F4N4O4S. The summed E-state index contributed by atoms with van der Waals surface area (Å²) >= 11 is 0. The van der Waals surface area contributed by atoms with E-state index in [1.165, 1.54) is 36.4 Å². The lowest BCUT2D eigenvalue weighted by atomic mass is 9.98. The minimum Gasteiger partial charge on any atom is -0.481 e. The van der Waals surface area contributed by atoms with E-state index >= 15 is 0 Å². The number of halogens is 4. The van der Waals surface area contributed by atoms with E-state index in [0.717, 1.165) is 12.1 Å². The van der Waals surface area contributed by atoms with Gasteiger partial charge in [0.05, 0.1) is 16.1 Å². The summed E-state index contributed by atoms with van der Waals surface area (Å²) in [6, 6.07) is 9.83. The topological polar surface area (TPSA) is 148 Å². The van der Waals surface area contributed by atoms with Crippen LogP contribution in [0.3, 0.4) is 0 Å². The third-order valence-corrected chi connectivity index (χ3v) is 6.11. The molecule has 13 heteroatoms. The summed E-state index contributed by atoms with van der Waals surface area (Å²) in [5, 5.41) is 8.68. The Balaban J connectivity index is 2.00. The molecule has 0 aliphatic carbocycles. The lowest BCUT2D eigenvalue weighted by Gasteiger charge is -2.14. The number of carboxylic acids is 1. The number of aliphatic carboxylic acids is 1. The number of carbonyl (C=O) groups is 1. The van der Waals surface area contributed by atoms with E-state index in [1.54, 1.807) is 0 Å². The van der Waals surface area contributed by atoms with Gasteiger partial charge in [0.25, 0.3) is 10.0 Å². The van der Waals surface area contributed by atoms with Gasteiger partial charge in [-0.25, -0.2) is 31.0 Å². The molecule has 184 valence electrons. The highest BCUT2D eigenvalue weighted by Crippen LogP contribution is 2.34. The molecular weight excluding hydrogens is 492 g/mol. The van der Waals surface area contributed by atoms with E-state index in [0.29, 0.717) is 0 Å². The Morgan fingerprint density at radius 2 is 1.57 bits per heavy atom. The van der Waals surface area contributed by atoms with E-state index in [2.05, 4.69) is 9.71 Å². The van der Waals surface area contributed by atoms with Crippen molar-refractivity contribution < 1.29 is 35.9 Å². The Hall–Kier alpha value is -4.13. The Labute approximate surface area is 197 Å². The number of nitrogens with zero attached hydrogens (tertiary/aromatic N) is 1. The Morgan fingerprint density at radius 3 is 2.17 bits per heavy atom. The number of nitrogens with two attached hydrogens (primary N) is 2. The molecule has 0 atom stereocenters. The van der Waals surface area contributed by atoms with Crippen molar-refractivity contribution in [2.75, 3.05) is 4.72 Å². The Bertz CT molecular complexity index is 1410. The number of guanidine groups is 1. The van der Waals surface area contributed by atoms with Crippen LogP contribution in [0.5, 0.6) is 0 Å². The molecule has 0 amide bonds. The Morgan fingerprint density at radius 1 is 0.943 bits per heavy atom. The molecule has 0 aliphatic heterocycles. The number of aliphatic imine (C=N–C) groups is 1. The van der Waals surface area contributed by atoms with Crippen LogP contribution < -0.4 is 16.2 Å². The number of hydrogen-bond acceptors (Lipinski definition) is 4. The maximum Gasteiger partial charge on any atom is 0.303 e. The zero-order chi connectivity index (χ0) is 25.9. The van der Waals surface area contributed by atoms with Crippen molar-refractivity contribution in [3.8, 4) is 11.1 Å². The summed E-state index contributed by atoms with van der Waals surface area (Å²) in [5.41, 5.74) is 8.09. The van der Waals surface area contributed by atoms with Crippen LogP contribution in [0.25, 0.3) is 11.1 Å². The van der Waals surface area contributed by atoms with Crippen LogP contribution in [0.2, 0.25) is 0 Å². The van der Waals surface area contributed by atoms with Crippen molar-refractivity contribution in [2.45, 2.75) is 17.7 Å². The van der Waals surface area contributed by atoms with Gasteiger partial charge in [-0.1, -0.05) is 18.2 Å². The third kappa shape index (κ3) is 5.69. The summed E-state index contributed by atoms with van der Waals surface area (Å²) < 4.78 is 86.0. The van der Waals surface area contributed by atoms with Crippen LogP contribution in [-0.4, -0.2) is 25.5 Å². The molecule has 0 bridgehead atoms. The van der Waals surface area contributed by atoms with Crippen molar-refractivity contribution in [3.05, 3.63) is 77.4 Å². The van der Waals surface area contributed by atoms with Gasteiger partial charge in [-0.05, 0) is 42.3 Å². The molecule has 0 unspecified atom stereocenters. The summed E-state index contributed by atoms with van der Waals surface area (Å²) in [6.07, 6.45) is -1.51. The van der Waals surface area contributed by atoms with E-state index < -0.39 is 63.2 Å². The average Bonchev–Trinajstić information content (AvgIpc) is 2.77. The lowest BCUT2D eigenvalue weighted by Crippen LogP contribution is -2.22. The van der Waals surface area contributed by atoms with Crippen LogP contribution in [0.15, 0.2) is 58.4 Å². The zero-order valence-electron chi connectivity index (χ0n) is 17.7. The van der Waals surface area contributed by atoms with Crippen molar-refractivity contribution in [1.82, 2.24) is 0 Å². The highest BCUT2D eigenvalue weighted by Gasteiger charge is 2.27. The van der Waals surface area contributed by atoms with Crippen LogP contribution in [0.1, 0.15) is 12.0 Å². The molecule has 6 N–H and O–H groups in total. The van der Waals surface area contributed by atoms with Crippen molar-refractivity contribution in [1.29, 1.82) is 0 Å². The van der Waals surface area contributed by atoms with Gasteiger partial charge in [0, 0.05) is 17.7 Å². The van der Waals surface area contributed by atoms with E-state index in [1.807, 2.05) is 0 Å². The van der Waals surface area contributed by atoms with Gasteiger partial charge in [0.15, 0.2) is 29.2 Å². The van der Waals surface area contributed by atoms with Gasteiger partial charge in [0.2, 0.25) is 0 Å². The number of anilines is 1. The van der Waals surface area contributed by atoms with Crippen LogP contribution in [-0.2, 0) is 21.2 Å². The molecule has 3 aromatic carbocycles. The third-order valence-electron chi connectivity index (χ3n) is 4.73. The number of nitrogens with one attached hydrogen (secondary N) is 1. The monoisotopic (exact) mass is 510 g/mol. The molecule has 0 aromatic heterocycles. The van der Waals surface area contributed by atoms with Gasteiger partial charge in [-0.15, -0.1) is 0 Å². The van der Waals surface area contributed by atoms with Crippen molar-refractivity contribution >= 4 is 33.3 Å². The molecule has 8 nitrogen and oxygen atoms in total. The van der Waals surface area contributed by atoms with Crippen molar-refractivity contribution in [3.63, 3.8) is 0 Å². The summed E-state index contributed by atoms with van der Waals surface area (Å²) in [4.78, 5) is 14.2. The quantitative estimate of drug-likeness (QED) is 0.157. The zero-order valence-corrected chi connectivity index (χ0v) is 18.5. The van der Waals surface area contributed by atoms with Gasteiger partial charge >= 0.3 is 5.97 Å². The first-order chi connectivity index (χ1) is 16.4. The standard InChI is InChI=1S/C22H18F4N4O4S/c23-18-15(7-8-16(31)32)19(24)21(26)17(20(18)25)11-3-1-5-13(9-11)30-35(33,34)14-6-2-4-12(10-14)29-22(27)28/h1-6,9-10,30H,7-8H2,(H,31,32)(H4,27,28,29). The molecule has 0 saturated heterocycles. The van der Waals surface area contributed by atoms with Crippen LogP contribution >= 0.6 is 0 Å². The number of hydrogen-bond donors (Lipinski definition) is 4. The number of carboxylic acid groups (broad SMARTS) is 1. The van der Waals surface area contributed by atoms with Crippen LogP contribution in [0, 0.1) is 23.3 Å². The van der Waals surface area contributed by atoms with Gasteiger partial charge in [-0.2, -0.15) is 0 Å². The summed E-state index contributed by atoms with van der Waals surface area (Å²) in [7, 11) is -4.22. The summed E-state index contributed by atoms with van der Waals surface area (Å²) in [5.74, 6) is -8.65. The summed E-state index contributed by atoms with van der Waals surface area (Å²) in [6.45, 7) is 0. The molecule has 0 radical (unpaired) electrons. The maximum absolute atomic E-state index is 14.7. The number of rotatable bonds is 8. The SMILES string of the molecule is NC(N)=Nc1cccc(S(=O)(=O)Nc2cccc(-c3c(F)c(F)c(CCC(=O)O)c(F)c3F)c2)c1. The van der Waals surface area contributed by atoms with Gasteiger partial charge in [-0.3, -0.25) is 9.52 Å². The maximum atomic E-state index is 14.7. The molecule has 0 fully saturated rings. The molecule has 0 saturated carbocycles. The van der Waals surface area contributed by atoms with Gasteiger partial charge in [0.1, 0.15) is 0 Å². The minimum atomic E-state index is -4.22. The molecule has 3 rings (SSSR count). The molecule has 0 aliphatic rings. The van der Waals surface area contributed by atoms with E-state index in [-0.39, 0.29) is 27.8 Å². The fraction of sp³-hybridized carbons (Fsp3) is 0.0909. The number of benzene rings is 3. The fourth-order valence-corrected chi connectivity index (χ4v) is 4.29.